The van der Waals surface area contributed by atoms with E-state index < -0.39 is 11.6 Å². The normalized spacial score (nSPS) is 10.8. The molecule has 1 heterocycles. The van der Waals surface area contributed by atoms with E-state index in [9.17, 15) is 8.78 Å². The first-order valence-corrected chi connectivity index (χ1v) is 5.83. The highest BCUT2D eigenvalue weighted by atomic mass is 19.1. The number of fused-ring (bicyclic) bond motifs is 1. The van der Waals surface area contributed by atoms with Crippen molar-refractivity contribution in [3.05, 3.63) is 59.8 Å². The number of halogens is 2. The van der Waals surface area contributed by atoms with Crippen LogP contribution in [0.3, 0.4) is 0 Å². The van der Waals surface area contributed by atoms with Gasteiger partial charge in [-0.2, -0.15) is 5.10 Å². The van der Waals surface area contributed by atoms with Gasteiger partial charge < -0.3 is 5.32 Å². The zero-order chi connectivity index (χ0) is 13.2. The van der Waals surface area contributed by atoms with Gasteiger partial charge in [0.1, 0.15) is 11.6 Å². The Morgan fingerprint density at radius 3 is 2.63 bits per heavy atom. The summed E-state index contributed by atoms with van der Waals surface area (Å²) in [5.74, 6) is -1.14. The smallest absolute Gasteiger partial charge is 0.126 e. The molecule has 2 aromatic carbocycles. The van der Waals surface area contributed by atoms with Crippen LogP contribution in [0.2, 0.25) is 0 Å². The minimum absolute atomic E-state index is 0.359. The molecule has 0 radical (unpaired) electrons. The molecule has 0 aliphatic heterocycles. The number of H-pyrrole nitrogens is 1. The standard InChI is InChI=1S/C14H11F2N3/c15-11-3-9(4-12(16)6-11)7-17-13-1-2-14-10(5-13)8-18-19-14/h1-6,8,17H,7H2,(H,18,19). The second-order valence-corrected chi connectivity index (χ2v) is 4.30. The number of nitrogens with one attached hydrogen (secondary N) is 2. The molecule has 0 saturated heterocycles. The summed E-state index contributed by atoms with van der Waals surface area (Å²) in [6.45, 7) is 0.359. The largest absolute Gasteiger partial charge is 0.381 e. The van der Waals surface area contributed by atoms with Crippen LogP contribution in [0.15, 0.2) is 42.6 Å². The third-order valence-corrected chi connectivity index (χ3v) is 2.86. The Morgan fingerprint density at radius 1 is 1.05 bits per heavy atom. The molecule has 0 spiro atoms. The first-order chi connectivity index (χ1) is 9.20. The Morgan fingerprint density at radius 2 is 1.84 bits per heavy atom. The summed E-state index contributed by atoms with van der Waals surface area (Å²) in [7, 11) is 0. The number of rotatable bonds is 3. The number of hydrogen-bond donors (Lipinski definition) is 2. The zero-order valence-corrected chi connectivity index (χ0v) is 9.95. The molecule has 0 unspecified atom stereocenters. The molecule has 1 aromatic heterocycles. The summed E-state index contributed by atoms with van der Waals surface area (Å²) < 4.78 is 26.1. The lowest BCUT2D eigenvalue weighted by Gasteiger charge is -2.07. The van der Waals surface area contributed by atoms with Gasteiger partial charge in [0.25, 0.3) is 0 Å². The average molecular weight is 259 g/mol. The van der Waals surface area contributed by atoms with Gasteiger partial charge in [0.15, 0.2) is 0 Å². The number of anilines is 1. The third-order valence-electron chi connectivity index (χ3n) is 2.86. The molecule has 3 aromatic rings. The van der Waals surface area contributed by atoms with E-state index in [-0.39, 0.29) is 0 Å². The van der Waals surface area contributed by atoms with E-state index in [4.69, 9.17) is 0 Å². The molecule has 0 aliphatic rings. The summed E-state index contributed by atoms with van der Waals surface area (Å²) in [5, 5.41) is 10.9. The predicted molar refractivity (Wildman–Crippen MR) is 69.8 cm³/mol. The minimum atomic E-state index is -0.568. The zero-order valence-electron chi connectivity index (χ0n) is 9.95. The lowest BCUT2D eigenvalue weighted by molar-refractivity contribution is 0.580. The van der Waals surface area contributed by atoms with E-state index in [2.05, 4.69) is 15.5 Å². The van der Waals surface area contributed by atoms with Crippen LogP contribution in [0.25, 0.3) is 10.9 Å². The molecule has 5 heteroatoms. The lowest BCUT2D eigenvalue weighted by atomic mass is 10.2. The van der Waals surface area contributed by atoms with Crippen LogP contribution in [0.4, 0.5) is 14.5 Å². The molecule has 0 amide bonds. The number of hydrogen-bond acceptors (Lipinski definition) is 2. The van der Waals surface area contributed by atoms with Crippen molar-refractivity contribution in [2.75, 3.05) is 5.32 Å². The van der Waals surface area contributed by atoms with Gasteiger partial charge in [-0.1, -0.05) is 0 Å². The summed E-state index contributed by atoms with van der Waals surface area (Å²) in [6.07, 6.45) is 1.72. The van der Waals surface area contributed by atoms with Crippen molar-refractivity contribution in [1.82, 2.24) is 10.2 Å². The Labute approximate surface area is 108 Å². The van der Waals surface area contributed by atoms with Gasteiger partial charge in [0, 0.05) is 23.7 Å². The van der Waals surface area contributed by atoms with E-state index in [1.165, 1.54) is 12.1 Å². The lowest BCUT2D eigenvalue weighted by Crippen LogP contribution is -2.00. The fourth-order valence-corrected chi connectivity index (χ4v) is 1.97. The van der Waals surface area contributed by atoms with Crippen LogP contribution >= 0.6 is 0 Å². The first-order valence-electron chi connectivity index (χ1n) is 5.83. The molecule has 19 heavy (non-hydrogen) atoms. The van der Waals surface area contributed by atoms with Crippen molar-refractivity contribution < 1.29 is 8.78 Å². The van der Waals surface area contributed by atoms with Crippen LogP contribution in [0.5, 0.6) is 0 Å². The molecule has 2 N–H and O–H groups in total. The van der Waals surface area contributed by atoms with Crippen molar-refractivity contribution in [3.63, 3.8) is 0 Å². The second kappa shape index (κ2) is 4.68. The van der Waals surface area contributed by atoms with Crippen LogP contribution in [-0.2, 0) is 6.54 Å². The van der Waals surface area contributed by atoms with E-state index >= 15 is 0 Å². The highest BCUT2D eigenvalue weighted by Gasteiger charge is 2.02. The number of aromatic amines is 1. The third kappa shape index (κ3) is 2.54. The molecule has 3 rings (SSSR count). The molecule has 0 saturated carbocycles. The Hall–Kier alpha value is -2.43. The Kier molecular flexibility index (Phi) is 2.87. The number of aromatic nitrogens is 2. The van der Waals surface area contributed by atoms with Gasteiger partial charge in [-0.15, -0.1) is 0 Å². The summed E-state index contributed by atoms with van der Waals surface area (Å²) in [4.78, 5) is 0. The molecular formula is C14H11F2N3. The molecular weight excluding hydrogens is 248 g/mol. The van der Waals surface area contributed by atoms with Crippen molar-refractivity contribution in [1.29, 1.82) is 0 Å². The van der Waals surface area contributed by atoms with E-state index in [0.717, 1.165) is 22.7 Å². The van der Waals surface area contributed by atoms with Crippen LogP contribution in [-0.4, -0.2) is 10.2 Å². The highest BCUT2D eigenvalue weighted by Crippen LogP contribution is 2.18. The van der Waals surface area contributed by atoms with E-state index in [1.54, 1.807) is 6.20 Å². The summed E-state index contributed by atoms with van der Waals surface area (Å²) >= 11 is 0. The maximum Gasteiger partial charge on any atom is 0.126 e. The van der Waals surface area contributed by atoms with Gasteiger partial charge in [0.2, 0.25) is 0 Å². The van der Waals surface area contributed by atoms with Crippen molar-refractivity contribution >= 4 is 16.6 Å². The van der Waals surface area contributed by atoms with Gasteiger partial charge in [0.05, 0.1) is 11.7 Å². The number of nitrogens with zero attached hydrogens (tertiary/aromatic N) is 1. The van der Waals surface area contributed by atoms with E-state index in [0.29, 0.717) is 12.1 Å². The fourth-order valence-electron chi connectivity index (χ4n) is 1.97. The van der Waals surface area contributed by atoms with Crippen molar-refractivity contribution in [2.24, 2.45) is 0 Å². The van der Waals surface area contributed by atoms with Crippen LogP contribution in [0.1, 0.15) is 5.56 Å². The SMILES string of the molecule is Fc1cc(F)cc(CNc2ccc3[nH]ncc3c2)c1. The molecule has 0 bridgehead atoms. The van der Waals surface area contributed by atoms with Gasteiger partial charge in [-0.25, -0.2) is 8.78 Å². The van der Waals surface area contributed by atoms with E-state index in [1.807, 2.05) is 18.2 Å². The minimum Gasteiger partial charge on any atom is -0.381 e. The molecule has 0 atom stereocenters. The van der Waals surface area contributed by atoms with Crippen molar-refractivity contribution in [2.45, 2.75) is 6.54 Å². The van der Waals surface area contributed by atoms with Crippen LogP contribution < -0.4 is 5.32 Å². The van der Waals surface area contributed by atoms with Crippen LogP contribution in [0, 0.1) is 11.6 Å². The van der Waals surface area contributed by atoms with Crippen molar-refractivity contribution in [3.8, 4) is 0 Å². The summed E-state index contributed by atoms with van der Waals surface area (Å²) in [6, 6.07) is 9.20. The molecule has 96 valence electrons. The Bertz CT molecular complexity index is 701. The molecule has 3 nitrogen and oxygen atoms in total. The quantitative estimate of drug-likeness (QED) is 0.756. The van der Waals surface area contributed by atoms with Gasteiger partial charge >= 0.3 is 0 Å². The predicted octanol–water partition coefficient (Wildman–Crippen LogP) is 3.45. The monoisotopic (exact) mass is 259 g/mol. The first kappa shape index (κ1) is 11.6. The molecule has 0 aliphatic carbocycles. The maximum absolute atomic E-state index is 13.0. The average Bonchev–Trinajstić information content (AvgIpc) is 2.82. The number of benzene rings is 2. The highest BCUT2D eigenvalue weighted by molar-refractivity contribution is 5.81. The fraction of sp³-hybridized carbons (Fsp3) is 0.0714. The Balaban J connectivity index is 1.77. The maximum atomic E-state index is 13.0. The van der Waals surface area contributed by atoms with Gasteiger partial charge in [-0.05, 0) is 35.9 Å². The summed E-state index contributed by atoms with van der Waals surface area (Å²) in [5.41, 5.74) is 2.38. The van der Waals surface area contributed by atoms with Gasteiger partial charge in [-0.3, -0.25) is 5.10 Å². The topological polar surface area (TPSA) is 40.7 Å². The second-order valence-electron chi connectivity index (χ2n) is 4.30. The molecule has 0 fully saturated rings.